The fraction of sp³-hybridized carbons (Fsp3) is 0.0833. The minimum absolute atomic E-state index is 0.0346. The number of benzene rings is 2. The molecular weight excluding hydrogens is 542 g/mol. The highest BCUT2D eigenvalue weighted by Crippen LogP contribution is 2.36. The molecule has 0 saturated carbocycles. The second kappa shape index (κ2) is 9.96. The van der Waals surface area contributed by atoms with E-state index in [1.54, 1.807) is 24.4 Å². The van der Waals surface area contributed by atoms with Gasteiger partial charge in [0.1, 0.15) is 10.6 Å². The van der Waals surface area contributed by atoms with Gasteiger partial charge in [-0.15, -0.1) is 11.3 Å². The van der Waals surface area contributed by atoms with Gasteiger partial charge in [0.15, 0.2) is 5.76 Å². The summed E-state index contributed by atoms with van der Waals surface area (Å²) >= 11 is 4.42. The molecule has 0 fully saturated rings. The van der Waals surface area contributed by atoms with Crippen LogP contribution in [0.5, 0.6) is 0 Å². The molecule has 0 atom stereocenters. The molecular formula is C24H18BrNO6S2. The number of furan rings is 1. The number of hydrogen-bond acceptors (Lipinski definition) is 7. The van der Waals surface area contributed by atoms with E-state index in [0.717, 1.165) is 21.4 Å². The van der Waals surface area contributed by atoms with Gasteiger partial charge in [-0.2, -0.15) is 0 Å². The summed E-state index contributed by atoms with van der Waals surface area (Å²) < 4.78 is 36.9. The summed E-state index contributed by atoms with van der Waals surface area (Å²) in [5.74, 6) is -1.47. The highest BCUT2D eigenvalue weighted by molar-refractivity contribution is 9.10. The molecule has 4 rings (SSSR count). The summed E-state index contributed by atoms with van der Waals surface area (Å²) in [6, 6.07) is 17.8. The lowest BCUT2D eigenvalue weighted by Gasteiger charge is -2.08. The highest BCUT2D eigenvalue weighted by atomic mass is 79.9. The SMILES string of the molecule is CCOC(=O)c1c(-c2ccccc2)csc1NC(=O)c1ccc(S(=O)(=O)c2ccc(Br)cc2)o1. The Morgan fingerprint density at radius 2 is 1.74 bits per heavy atom. The number of ether oxygens (including phenoxy) is 1. The number of nitrogens with one attached hydrogen (secondary N) is 1. The molecule has 34 heavy (non-hydrogen) atoms. The molecule has 0 spiro atoms. The predicted octanol–water partition coefficient (Wildman–Crippen LogP) is 6.03. The van der Waals surface area contributed by atoms with Crippen LogP contribution in [-0.2, 0) is 14.6 Å². The number of carbonyl (C=O) groups is 2. The van der Waals surface area contributed by atoms with Crippen molar-refractivity contribution in [2.75, 3.05) is 11.9 Å². The molecule has 1 amide bonds. The summed E-state index contributed by atoms with van der Waals surface area (Å²) in [5.41, 5.74) is 1.64. The van der Waals surface area contributed by atoms with Crippen LogP contribution in [-0.4, -0.2) is 26.9 Å². The minimum atomic E-state index is -3.94. The molecule has 0 aliphatic heterocycles. The number of thiophene rings is 1. The number of sulfone groups is 1. The van der Waals surface area contributed by atoms with Crippen LogP contribution >= 0.6 is 27.3 Å². The molecule has 0 aliphatic carbocycles. The van der Waals surface area contributed by atoms with Gasteiger partial charge in [0.2, 0.25) is 14.9 Å². The molecule has 174 valence electrons. The average Bonchev–Trinajstić information content (AvgIpc) is 3.48. The van der Waals surface area contributed by atoms with Gasteiger partial charge in [0.05, 0.1) is 11.5 Å². The molecule has 0 bridgehead atoms. The lowest BCUT2D eigenvalue weighted by atomic mass is 10.0. The maximum Gasteiger partial charge on any atom is 0.341 e. The van der Waals surface area contributed by atoms with Gasteiger partial charge >= 0.3 is 5.97 Å². The van der Waals surface area contributed by atoms with E-state index < -0.39 is 21.7 Å². The zero-order valence-corrected chi connectivity index (χ0v) is 21.0. The van der Waals surface area contributed by atoms with Crippen molar-refractivity contribution in [3.63, 3.8) is 0 Å². The number of carbonyl (C=O) groups excluding carboxylic acids is 2. The van der Waals surface area contributed by atoms with Crippen molar-refractivity contribution < 1.29 is 27.2 Å². The van der Waals surface area contributed by atoms with Crippen molar-refractivity contribution in [1.82, 2.24) is 0 Å². The monoisotopic (exact) mass is 559 g/mol. The van der Waals surface area contributed by atoms with Gasteiger partial charge in [-0.3, -0.25) is 4.79 Å². The van der Waals surface area contributed by atoms with Gasteiger partial charge < -0.3 is 14.5 Å². The van der Waals surface area contributed by atoms with Crippen molar-refractivity contribution in [1.29, 1.82) is 0 Å². The van der Waals surface area contributed by atoms with Crippen LogP contribution in [0.1, 0.15) is 27.8 Å². The van der Waals surface area contributed by atoms with Gasteiger partial charge in [0, 0.05) is 15.4 Å². The Kier molecular flexibility index (Phi) is 7.01. The summed E-state index contributed by atoms with van der Waals surface area (Å²) in [5, 5.41) is 4.32. The van der Waals surface area contributed by atoms with E-state index in [2.05, 4.69) is 21.2 Å². The van der Waals surface area contributed by atoms with E-state index >= 15 is 0 Å². The molecule has 1 N–H and O–H groups in total. The fourth-order valence-electron chi connectivity index (χ4n) is 3.17. The standard InChI is InChI=1S/C24H18BrNO6S2/c1-2-31-24(28)21-18(15-6-4-3-5-7-15)14-33-23(21)26-22(27)19-12-13-20(32-19)34(29,30)17-10-8-16(25)9-11-17/h3-14H,2H2,1H3,(H,26,27). The number of esters is 1. The first kappa shape index (κ1) is 23.9. The van der Waals surface area contributed by atoms with Gasteiger partial charge in [-0.1, -0.05) is 46.3 Å². The Morgan fingerprint density at radius 1 is 1.03 bits per heavy atom. The van der Waals surface area contributed by atoms with E-state index in [9.17, 15) is 18.0 Å². The molecule has 10 heteroatoms. The number of anilines is 1. The molecule has 7 nitrogen and oxygen atoms in total. The maximum absolute atomic E-state index is 12.9. The Labute approximate surface area is 208 Å². The molecule has 2 aromatic heterocycles. The number of amides is 1. The molecule has 0 unspecified atom stereocenters. The molecule has 0 aliphatic rings. The fourth-order valence-corrected chi connectivity index (χ4v) is 5.56. The predicted molar refractivity (Wildman–Crippen MR) is 132 cm³/mol. The molecule has 2 heterocycles. The van der Waals surface area contributed by atoms with Crippen molar-refractivity contribution in [2.24, 2.45) is 0 Å². The van der Waals surface area contributed by atoms with E-state index in [0.29, 0.717) is 5.56 Å². The van der Waals surface area contributed by atoms with Gasteiger partial charge in [-0.05, 0) is 48.9 Å². The average molecular weight is 560 g/mol. The van der Waals surface area contributed by atoms with Gasteiger partial charge in [-0.25, -0.2) is 13.2 Å². The highest BCUT2D eigenvalue weighted by Gasteiger charge is 2.26. The Morgan fingerprint density at radius 3 is 2.41 bits per heavy atom. The number of halogens is 1. The first-order chi connectivity index (χ1) is 16.3. The smallest absolute Gasteiger partial charge is 0.341 e. The van der Waals surface area contributed by atoms with Crippen LogP contribution in [0.2, 0.25) is 0 Å². The van der Waals surface area contributed by atoms with E-state index in [1.165, 1.54) is 24.3 Å². The van der Waals surface area contributed by atoms with Crippen molar-refractivity contribution in [3.05, 3.63) is 87.9 Å². The Balaban J connectivity index is 1.63. The summed E-state index contributed by atoms with van der Waals surface area (Å²) in [6.07, 6.45) is 0. The van der Waals surface area contributed by atoms with Crippen LogP contribution in [0.4, 0.5) is 5.00 Å². The van der Waals surface area contributed by atoms with Crippen molar-refractivity contribution in [2.45, 2.75) is 16.9 Å². The van der Waals surface area contributed by atoms with Crippen LogP contribution in [0.3, 0.4) is 0 Å². The topological polar surface area (TPSA) is 103 Å². The van der Waals surface area contributed by atoms with Gasteiger partial charge in [0.25, 0.3) is 5.91 Å². The first-order valence-electron chi connectivity index (χ1n) is 10.1. The van der Waals surface area contributed by atoms with Crippen LogP contribution in [0.25, 0.3) is 11.1 Å². The number of rotatable bonds is 7. The molecule has 0 radical (unpaired) electrons. The zero-order chi connectivity index (χ0) is 24.3. The third-order valence-corrected chi connectivity index (χ3v) is 7.84. The third-order valence-electron chi connectivity index (χ3n) is 4.78. The normalized spacial score (nSPS) is 11.2. The summed E-state index contributed by atoms with van der Waals surface area (Å²) in [6.45, 7) is 1.87. The quantitative estimate of drug-likeness (QED) is 0.277. The van der Waals surface area contributed by atoms with Crippen molar-refractivity contribution >= 4 is 54.0 Å². The molecule has 4 aromatic rings. The molecule has 0 saturated heterocycles. The molecule has 2 aromatic carbocycles. The van der Waals surface area contributed by atoms with E-state index in [-0.39, 0.29) is 32.9 Å². The second-order valence-corrected chi connectivity index (χ2v) is 10.6. The second-order valence-electron chi connectivity index (χ2n) is 6.97. The Hall–Kier alpha value is -3.21. The van der Waals surface area contributed by atoms with Crippen molar-refractivity contribution in [3.8, 4) is 11.1 Å². The minimum Gasteiger partial charge on any atom is -0.462 e. The third kappa shape index (κ3) is 4.84. The van der Waals surface area contributed by atoms with E-state index in [1.807, 2.05) is 30.3 Å². The number of hydrogen-bond donors (Lipinski definition) is 1. The lowest BCUT2D eigenvalue weighted by Crippen LogP contribution is -2.14. The first-order valence-corrected chi connectivity index (χ1v) is 13.2. The van der Waals surface area contributed by atoms with E-state index in [4.69, 9.17) is 9.15 Å². The zero-order valence-electron chi connectivity index (χ0n) is 17.8. The Bertz CT molecular complexity index is 1440. The summed E-state index contributed by atoms with van der Waals surface area (Å²) in [4.78, 5) is 25.6. The van der Waals surface area contributed by atoms with Crippen LogP contribution in [0, 0.1) is 0 Å². The largest absolute Gasteiger partial charge is 0.462 e. The summed E-state index contributed by atoms with van der Waals surface area (Å²) in [7, 11) is -3.94. The lowest BCUT2D eigenvalue weighted by molar-refractivity contribution is 0.0529. The maximum atomic E-state index is 12.9. The van der Waals surface area contributed by atoms with Crippen LogP contribution < -0.4 is 5.32 Å². The van der Waals surface area contributed by atoms with Crippen LogP contribution in [0.15, 0.2) is 91.0 Å².